The van der Waals surface area contributed by atoms with Crippen molar-refractivity contribution >= 4 is 17.6 Å². The maximum Gasteiger partial charge on any atom is 0.308 e. The van der Waals surface area contributed by atoms with Gasteiger partial charge in [0.2, 0.25) is 0 Å². The molecule has 1 aliphatic rings. The van der Waals surface area contributed by atoms with Gasteiger partial charge in [-0.15, -0.1) is 0 Å². The molecule has 1 atom stereocenters. The number of benzene rings is 3. The normalized spacial score (nSPS) is 15.1. The number of H-pyrrole nitrogens is 1. The van der Waals surface area contributed by atoms with Crippen LogP contribution in [0, 0.1) is 0 Å². The Morgan fingerprint density at radius 3 is 2.19 bits per heavy atom. The van der Waals surface area contributed by atoms with Crippen molar-refractivity contribution in [3.63, 3.8) is 0 Å². The number of likely N-dealkylation sites (N-methyl/N-ethyl adjacent to an activating group) is 1. The fourth-order valence-corrected chi connectivity index (χ4v) is 4.39. The van der Waals surface area contributed by atoms with Crippen LogP contribution in [0.1, 0.15) is 31.0 Å². The van der Waals surface area contributed by atoms with Crippen LogP contribution in [0.5, 0.6) is 11.5 Å². The Hall–Kier alpha value is -4.69. The van der Waals surface area contributed by atoms with Crippen molar-refractivity contribution in [3.8, 4) is 34.0 Å². The third kappa shape index (κ3) is 5.14. The van der Waals surface area contributed by atoms with Gasteiger partial charge in [0.1, 0.15) is 11.5 Å². The molecule has 0 radical (unpaired) electrons. The van der Waals surface area contributed by atoms with E-state index in [4.69, 9.17) is 9.47 Å². The summed E-state index contributed by atoms with van der Waals surface area (Å²) in [7, 11) is 1.97. The van der Waals surface area contributed by atoms with Crippen LogP contribution in [-0.2, 0) is 9.59 Å². The number of carbonyl (C=O) groups is 2. The Bertz CT molecular complexity index is 1510. The molecule has 5 rings (SSSR count). The predicted molar refractivity (Wildman–Crippen MR) is 140 cm³/mol. The fourth-order valence-electron chi connectivity index (χ4n) is 4.39. The maximum absolute atomic E-state index is 11.6. The second-order valence-electron chi connectivity index (χ2n) is 8.72. The zero-order valence-corrected chi connectivity index (χ0v) is 20.7. The van der Waals surface area contributed by atoms with Gasteiger partial charge >= 0.3 is 11.9 Å². The van der Waals surface area contributed by atoms with Crippen molar-refractivity contribution < 1.29 is 19.1 Å². The number of ether oxygens (including phenoxy) is 2. The number of nitrogens with one attached hydrogen (secondary N) is 2. The lowest BCUT2D eigenvalue weighted by Crippen LogP contribution is -2.29. The van der Waals surface area contributed by atoms with Crippen LogP contribution in [0.3, 0.4) is 0 Å². The van der Waals surface area contributed by atoms with Crippen LogP contribution in [-0.4, -0.2) is 34.2 Å². The number of esters is 2. The molecular weight excluding hydrogens is 468 g/mol. The highest BCUT2D eigenvalue weighted by Crippen LogP contribution is 2.36. The molecule has 0 bridgehead atoms. The third-order valence-electron chi connectivity index (χ3n) is 6.00. The van der Waals surface area contributed by atoms with Crippen molar-refractivity contribution in [2.24, 2.45) is 0 Å². The number of aromatic amines is 1. The number of carbonyl (C=O) groups excluding carboxylic acids is 2. The molecule has 2 N–H and O–H groups in total. The van der Waals surface area contributed by atoms with Gasteiger partial charge < -0.3 is 14.9 Å². The maximum atomic E-state index is 11.6. The Balaban J connectivity index is 1.44. The summed E-state index contributed by atoms with van der Waals surface area (Å²) >= 11 is 0. The van der Waals surface area contributed by atoms with Crippen molar-refractivity contribution in [2.75, 3.05) is 7.05 Å². The molecule has 186 valence electrons. The second-order valence-corrected chi connectivity index (χ2v) is 8.72. The van der Waals surface area contributed by atoms with Gasteiger partial charge in [-0.1, -0.05) is 42.5 Å². The molecule has 8 nitrogen and oxygen atoms in total. The van der Waals surface area contributed by atoms with E-state index in [9.17, 15) is 9.59 Å². The molecule has 1 aliphatic heterocycles. The molecule has 2 heterocycles. The van der Waals surface area contributed by atoms with Gasteiger partial charge in [-0.2, -0.15) is 5.10 Å². The summed E-state index contributed by atoms with van der Waals surface area (Å²) in [5.41, 5.74) is 9.34. The quantitative estimate of drug-likeness (QED) is 0.283. The average Bonchev–Trinajstić information content (AvgIpc) is 3.51. The van der Waals surface area contributed by atoms with Gasteiger partial charge in [0, 0.05) is 37.6 Å². The van der Waals surface area contributed by atoms with Crippen LogP contribution in [0.2, 0.25) is 0 Å². The lowest BCUT2D eigenvalue weighted by molar-refractivity contribution is -0.132. The van der Waals surface area contributed by atoms with Crippen molar-refractivity contribution in [1.82, 2.24) is 20.6 Å². The molecule has 0 aliphatic carbocycles. The first-order valence-corrected chi connectivity index (χ1v) is 11.8. The Morgan fingerprint density at radius 1 is 0.838 bits per heavy atom. The highest BCUT2D eigenvalue weighted by molar-refractivity contribution is 5.78. The Morgan fingerprint density at radius 2 is 1.49 bits per heavy atom. The number of hydrogen-bond acceptors (Lipinski definition) is 7. The molecule has 0 fully saturated rings. The van der Waals surface area contributed by atoms with E-state index >= 15 is 0 Å². The summed E-state index contributed by atoms with van der Waals surface area (Å²) in [4.78, 5) is 23.1. The van der Waals surface area contributed by atoms with Crippen molar-refractivity contribution in [3.05, 3.63) is 96.1 Å². The summed E-state index contributed by atoms with van der Waals surface area (Å²) in [6.45, 7) is 2.77. The van der Waals surface area contributed by atoms with Gasteiger partial charge in [-0.3, -0.25) is 14.7 Å². The first-order valence-electron chi connectivity index (χ1n) is 11.8. The van der Waals surface area contributed by atoms with E-state index in [0.717, 1.165) is 39.3 Å². The molecular formula is C29H26N4O4. The largest absolute Gasteiger partial charge is 0.426 e. The number of rotatable bonds is 6. The average molecular weight is 495 g/mol. The van der Waals surface area contributed by atoms with Gasteiger partial charge in [0.05, 0.1) is 23.1 Å². The van der Waals surface area contributed by atoms with Gasteiger partial charge in [0.15, 0.2) is 0 Å². The number of nitrogens with zero attached hydrogens (tertiary/aromatic N) is 2. The molecule has 0 spiro atoms. The lowest BCUT2D eigenvalue weighted by atomic mass is 10.0. The van der Waals surface area contributed by atoms with Crippen LogP contribution >= 0.6 is 0 Å². The van der Waals surface area contributed by atoms with E-state index in [1.807, 2.05) is 66.7 Å². The molecule has 0 saturated carbocycles. The first-order chi connectivity index (χ1) is 17.9. The van der Waals surface area contributed by atoms with E-state index in [1.54, 1.807) is 12.1 Å². The highest BCUT2D eigenvalue weighted by Gasteiger charge is 2.25. The van der Waals surface area contributed by atoms with Gasteiger partial charge in [0.25, 0.3) is 0 Å². The SMILES string of the molecule is CC(=O)Oc1ccccc1C1=CC(c2cccc(-c3cc(-c4ccccc4OC(C)=O)[nH]n3)c2)N(C)N1. The van der Waals surface area contributed by atoms with E-state index in [2.05, 4.69) is 33.8 Å². The zero-order valence-electron chi connectivity index (χ0n) is 20.7. The number of para-hydroxylation sites is 2. The summed E-state index contributed by atoms with van der Waals surface area (Å²) in [5.74, 6) is 0.244. The topological polar surface area (TPSA) is 96.5 Å². The summed E-state index contributed by atoms with van der Waals surface area (Å²) < 4.78 is 10.8. The van der Waals surface area contributed by atoms with Crippen LogP contribution in [0.15, 0.2) is 84.9 Å². The fraction of sp³-hybridized carbons (Fsp3) is 0.138. The van der Waals surface area contributed by atoms with Crippen molar-refractivity contribution in [2.45, 2.75) is 19.9 Å². The number of aromatic nitrogens is 2. The Kier molecular flexibility index (Phi) is 6.57. The summed E-state index contributed by atoms with van der Waals surface area (Å²) in [6.07, 6.45) is 2.10. The minimum atomic E-state index is -0.378. The Labute approximate surface area is 214 Å². The molecule has 37 heavy (non-hydrogen) atoms. The van der Waals surface area contributed by atoms with E-state index in [-0.39, 0.29) is 18.0 Å². The molecule has 0 saturated heterocycles. The zero-order chi connectivity index (χ0) is 25.9. The molecule has 0 amide bonds. The first kappa shape index (κ1) is 24.0. The molecule has 4 aromatic rings. The monoisotopic (exact) mass is 494 g/mol. The van der Waals surface area contributed by atoms with Crippen LogP contribution < -0.4 is 14.9 Å². The molecule has 8 heteroatoms. The van der Waals surface area contributed by atoms with Crippen molar-refractivity contribution in [1.29, 1.82) is 0 Å². The van der Waals surface area contributed by atoms with Gasteiger partial charge in [-0.25, -0.2) is 5.01 Å². The van der Waals surface area contributed by atoms with E-state index in [1.165, 1.54) is 13.8 Å². The standard InChI is InChI=1S/C29H26N4O4/c1-18(34)36-28-13-6-4-11-22(28)25-16-24(30-31-25)20-9-8-10-21(15-20)27-17-26(32-33(27)3)23-12-5-7-14-29(23)37-19(2)35/h4-17,27,32H,1-3H3,(H,30,31). The minimum absolute atomic E-state index is 0.0524. The van der Waals surface area contributed by atoms with Crippen LogP contribution in [0.25, 0.3) is 28.2 Å². The van der Waals surface area contributed by atoms with E-state index in [0.29, 0.717) is 11.5 Å². The number of hydrazine groups is 1. The molecule has 3 aromatic carbocycles. The smallest absolute Gasteiger partial charge is 0.308 e. The molecule has 1 aromatic heterocycles. The summed E-state index contributed by atoms with van der Waals surface area (Å²) in [5, 5.41) is 9.58. The number of hydrogen-bond donors (Lipinski definition) is 2. The minimum Gasteiger partial charge on any atom is -0.426 e. The summed E-state index contributed by atoms with van der Waals surface area (Å²) in [6, 6.07) is 24.8. The third-order valence-corrected chi connectivity index (χ3v) is 6.00. The predicted octanol–water partition coefficient (Wildman–Crippen LogP) is 5.13. The van der Waals surface area contributed by atoms with Crippen LogP contribution in [0.4, 0.5) is 0 Å². The second kappa shape index (κ2) is 10.1. The highest BCUT2D eigenvalue weighted by atomic mass is 16.5. The lowest BCUT2D eigenvalue weighted by Gasteiger charge is -2.21. The molecule has 1 unspecified atom stereocenters. The van der Waals surface area contributed by atoms with Gasteiger partial charge in [-0.05, 0) is 48.0 Å². The van der Waals surface area contributed by atoms with E-state index < -0.39 is 0 Å².